The molecule has 0 aliphatic rings. The van der Waals surface area contributed by atoms with Crippen LogP contribution in [-0.2, 0) is 4.79 Å². The Balaban J connectivity index is 1.41. The van der Waals surface area contributed by atoms with Gasteiger partial charge >= 0.3 is 0 Å². The Hall–Kier alpha value is -3.61. The average Bonchev–Trinajstić information content (AvgIpc) is 3.28. The molecule has 3 rings (SSSR count). The third-order valence-electron chi connectivity index (χ3n) is 4.73. The maximum atomic E-state index is 12.2. The van der Waals surface area contributed by atoms with Gasteiger partial charge < -0.3 is 19.8 Å². The molecule has 7 heteroatoms. The SMILES string of the molecule is COc1ccc(C(=O)NCCCC(=O)Nc2ccc(-c3ncc(C(C)C)o3)cc2)cc1. The Bertz CT molecular complexity index is 1010. The predicted molar refractivity (Wildman–Crippen MR) is 119 cm³/mol. The van der Waals surface area contributed by atoms with Gasteiger partial charge in [-0.25, -0.2) is 4.98 Å². The van der Waals surface area contributed by atoms with Gasteiger partial charge in [-0.1, -0.05) is 13.8 Å². The Morgan fingerprint density at radius 3 is 2.39 bits per heavy atom. The number of carbonyl (C=O) groups is 2. The van der Waals surface area contributed by atoms with Crippen molar-refractivity contribution in [3.8, 4) is 17.2 Å². The molecule has 2 aromatic carbocycles. The average molecular weight is 421 g/mol. The number of oxazole rings is 1. The van der Waals surface area contributed by atoms with Crippen LogP contribution in [0.1, 0.15) is 48.7 Å². The molecule has 0 radical (unpaired) electrons. The normalized spacial score (nSPS) is 10.7. The van der Waals surface area contributed by atoms with Crippen LogP contribution in [0.3, 0.4) is 0 Å². The van der Waals surface area contributed by atoms with Crippen molar-refractivity contribution in [3.05, 3.63) is 66.1 Å². The van der Waals surface area contributed by atoms with E-state index in [0.717, 1.165) is 11.3 Å². The van der Waals surface area contributed by atoms with Gasteiger partial charge in [-0.3, -0.25) is 9.59 Å². The first-order chi connectivity index (χ1) is 15.0. The number of benzene rings is 2. The van der Waals surface area contributed by atoms with Crippen LogP contribution in [-0.4, -0.2) is 30.5 Å². The van der Waals surface area contributed by atoms with E-state index >= 15 is 0 Å². The number of nitrogens with zero attached hydrogens (tertiary/aromatic N) is 1. The van der Waals surface area contributed by atoms with Crippen molar-refractivity contribution < 1.29 is 18.7 Å². The summed E-state index contributed by atoms with van der Waals surface area (Å²) in [4.78, 5) is 28.6. The zero-order valence-corrected chi connectivity index (χ0v) is 18.0. The lowest BCUT2D eigenvalue weighted by Crippen LogP contribution is -2.25. The number of methoxy groups -OCH3 is 1. The van der Waals surface area contributed by atoms with Crippen molar-refractivity contribution in [2.24, 2.45) is 0 Å². The third kappa shape index (κ3) is 6.18. The van der Waals surface area contributed by atoms with E-state index < -0.39 is 0 Å². The standard InChI is InChI=1S/C24H27N3O4/c1-16(2)21-15-26-24(31-21)18-6-10-19(11-7-18)27-22(28)5-4-14-25-23(29)17-8-12-20(30-3)13-9-17/h6-13,15-16H,4-5,14H2,1-3H3,(H,25,29)(H,27,28). The van der Waals surface area contributed by atoms with Crippen LogP contribution in [0.5, 0.6) is 5.75 Å². The van der Waals surface area contributed by atoms with E-state index in [-0.39, 0.29) is 17.7 Å². The maximum absolute atomic E-state index is 12.2. The fourth-order valence-corrected chi connectivity index (χ4v) is 2.90. The minimum absolute atomic E-state index is 0.107. The van der Waals surface area contributed by atoms with E-state index in [2.05, 4.69) is 15.6 Å². The van der Waals surface area contributed by atoms with E-state index in [9.17, 15) is 9.59 Å². The van der Waals surface area contributed by atoms with E-state index in [4.69, 9.17) is 9.15 Å². The van der Waals surface area contributed by atoms with Gasteiger partial charge in [0.25, 0.3) is 5.91 Å². The zero-order valence-electron chi connectivity index (χ0n) is 18.0. The van der Waals surface area contributed by atoms with E-state index in [1.807, 2.05) is 38.1 Å². The summed E-state index contributed by atoms with van der Waals surface area (Å²) in [5.41, 5.74) is 2.11. The lowest BCUT2D eigenvalue weighted by Gasteiger charge is -2.07. The number of anilines is 1. The lowest BCUT2D eigenvalue weighted by molar-refractivity contribution is -0.116. The summed E-state index contributed by atoms with van der Waals surface area (Å²) < 4.78 is 10.8. The van der Waals surface area contributed by atoms with Crippen molar-refractivity contribution in [3.63, 3.8) is 0 Å². The first-order valence-electron chi connectivity index (χ1n) is 10.2. The topological polar surface area (TPSA) is 93.5 Å². The van der Waals surface area contributed by atoms with Crippen LogP contribution in [0.15, 0.2) is 59.1 Å². The quantitative estimate of drug-likeness (QED) is 0.492. The molecule has 0 spiro atoms. The predicted octanol–water partition coefficient (Wildman–Crippen LogP) is 4.62. The van der Waals surface area contributed by atoms with Gasteiger partial charge in [0.1, 0.15) is 11.5 Å². The Kier molecular flexibility index (Phi) is 7.43. The molecule has 0 aliphatic carbocycles. The highest BCUT2D eigenvalue weighted by atomic mass is 16.5. The largest absolute Gasteiger partial charge is 0.497 e. The van der Waals surface area contributed by atoms with E-state index in [1.54, 1.807) is 37.6 Å². The van der Waals surface area contributed by atoms with Crippen molar-refractivity contribution in [2.75, 3.05) is 19.0 Å². The van der Waals surface area contributed by atoms with Crippen LogP contribution in [0, 0.1) is 0 Å². The highest BCUT2D eigenvalue weighted by Crippen LogP contribution is 2.24. The number of rotatable bonds is 9. The van der Waals surface area contributed by atoms with Crippen molar-refractivity contribution >= 4 is 17.5 Å². The summed E-state index contributed by atoms with van der Waals surface area (Å²) in [6.45, 7) is 4.51. The summed E-state index contributed by atoms with van der Waals surface area (Å²) in [6, 6.07) is 14.2. The van der Waals surface area contributed by atoms with Crippen LogP contribution in [0.25, 0.3) is 11.5 Å². The first kappa shape index (κ1) is 22.1. The summed E-state index contributed by atoms with van der Waals surface area (Å²) >= 11 is 0. The minimum atomic E-state index is -0.175. The molecule has 0 saturated heterocycles. The van der Waals surface area contributed by atoms with Gasteiger partial charge in [0.05, 0.1) is 13.3 Å². The second kappa shape index (κ2) is 10.4. The number of aromatic nitrogens is 1. The molecule has 0 aliphatic heterocycles. The molecule has 31 heavy (non-hydrogen) atoms. The number of ether oxygens (including phenoxy) is 1. The fraction of sp³-hybridized carbons (Fsp3) is 0.292. The molecule has 0 bridgehead atoms. The van der Waals surface area contributed by atoms with Crippen LogP contribution in [0.4, 0.5) is 5.69 Å². The summed E-state index contributed by atoms with van der Waals surface area (Å²) in [5, 5.41) is 5.67. The maximum Gasteiger partial charge on any atom is 0.251 e. The fourth-order valence-electron chi connectivity index (χ4n) is 2.90. The van der Waals surface area contributed by atoms with Crippen LogP contribution >= 0.6 is 0 Å². The summed E-state index contributed by atoms with van der Waals surface area (Å²) in [5.74, 6) is 2.10. The van der Waals surface area contributed by atoms with Crippen molar-refractivity contribution in [1.29, 1.82) is 0 Å². The Morgan fingerprint density at radius 1 is 1.06 bits per heavy atom. The van der Waals surface area contributed by atoms with Crippen LogP contribution in [0.2, 0.25) is 0 Å². The molecule has 0 saturated carbocycles. The first-order valence-corrected chi connectivity index (χ1v) is 10.2. The zero-order chi connectivity index (χ0) is 22.2. The van der Waals surface area contributed by atoms with Gasteiger partial charge in [-0.15, -0.1) is 0 Å². The monoisotopic (exact) mass is 421 g/mol. The molecule has 0 unspecified atom stereocenters. The van der Waals surface area contributed by atoms with Gasteiger partial charge in [0, 0.05) is 35.7 Å². The van der Waals surface area contributed by atoms with Gasteiger partial charge in [-0.2, -0.15) is 0 Å². The summed E-state index contributed by atoms with van der Waals surface area (Å²) in [7, 11) is 1.58. The molecule has 1 heterocycles. The molecular formula is C24H27N3O4. The number of hydrogen-bond acceptors (Lipinski definition) is 5. The second-order valence-corrected chi connectivity index (χ2v) is 7.44. The van der Waals surface area contributed by atoms with Crippen molar-refractivity contribution in [1.82, 2.24) is 10.3 Å². The smallest absolute Gasteiger partial charge is 0.251 e. The number of hydrogen-bond donors (Lipinski definition) is 2. The van der Waals surface area contributed by atoms with Crippen molar-refractivity contribution in [2.45, 2.75) is 32.6 Å². The number of amides is 2. The molecule has 0 atom stereocenters. The minimum Gasteiger partial charge on any atom is -0.497 e. The molecule has 1 aromatic heterocycles. The number of carbonyl (C=O) groups excluding carboxylic acids is 2. The molecule has 7 nitrogen and oxygen atoms in total. The third-order valence-corrected chi connectivity index (χ3v) is 4.73. The van der Waals surface area contributed by atoms with E-state index in [0.29, 0.717) is 42.3 Å². The highest BCUT2D eigenvalue weighted by Gasteiger charge is 2.10. The van der Waals surface area contributed by atoms with Gasteiger partial charge in [0.15, 0.2) is 0 Å². The summed E-state index contributed by atoms with van der Waals surface area (Å²) in [6.07, 6.45) is 2.59. The molecule has 0 fully saturated rings. The molecule has 2 amide bonds. The highest BCUT2D eigenvalue weighted by molar-refractivity contribution is 5.94. The van der Waals surface area contributed by atoms with E-state index in [1.165, 1.54) is 0 Å². The van der Waals surface area contributed by atoms with Gasteiger partial charge in [0.2, 0.25) is 11.8 Å². The molecule has 2 N–H and O–H groups in total. The van der Waals surface area contributed by atoms with Gasteiger partial charge in [-0.05, 0) is 55.0 Å². The molecule has 162 valence electrons. The lowest BCUT2D eigenvalue weighted by atomic mass is 10.2. The molecule has 3 aromatic rings. The molecular weight excluding hydrogens is 394 g/mol. The Labute approximate surface area is 181 Å². The number of nitrogens with one attached hydrogen (secondary N) is 2. The second-order valence-electron chi connectivity index (χ2n) is 7.44. The van der Waals surface area contributed by atoms with Crippen LogP contribution < -0.4 is 15.4 Å². The Morgan fingerprint density at radius 2 is 1.77 bits per heavy atom.